The maximum atomic E-state index is 13.9. The lowest BCUT2D eigenvalue weighted by Gasteiger charge is -2.07. The smallest absolute Gasteiger partial charge is 0.264 e. The number of hydrogen-bond acceptors (Lipinski definition) is 6. The predicted octanol–water partition coefficient (Wildman–Crippen LogP) is 4.01. The summed E-state index contributed by atoms with van der Waals surface area (Å²) < 4.78 is 32.3. The maximum Gasteiger partial charge on any atom is 0.264 e. The molecular formula is C23H20ClF2N9O. The standard InChI is InChI=1S/C23H20ClF2N9O/c1-13-20-17(21(25)26)7-18(15-8-28-33(2)10-15)29-22(20)35(31-13)11-19(36)30-23-27-12-34(32-23)9-14-4-3-5-16(24)6-14/h3-8,10,12,21H,9,11H2,1-2H3,(H,30,32,36). The topological polar surface area (TPSA) is 108 Å². The Kier molecular flexibility index (Phi) is 6.18. The summed E-state index contributed by atoms with van der Waals surface area (Å²) in [6.07, 6.45) is 1.95. The highest BCUT2D eigenvalue weighted by atomic mass is 35.5. The Morgan fingerprint density at radius 1 is 1.22 bits per heavy atom. The van der Waals surface area contributed by atoms with Gasteiger partial charge >= 0.3 is 0 Å². The fraction of sp³-hybridized carbons (Fsp3) is 0.217. The van der Waals surface area contributed by atoms with E-state index in [9.17, 15) is 13.6 Å². The number of hydrogen-bond donors (Lipinski definition) is 1. The third kappa shape index (κ3) is 4.80. The summed E-state index contributed by atoms with van der Waals surface area (Å²) >= 11 is 6.02. The van der Waals surface area contributed by atoms with Gasteiger partial charge in [0.25, 0.3) is 6.43 Å². The number of carbonyl (C=O) groups excluding carboxylic acids is 1. The van der Waals surface area contributed by atoms with E-state index in [1.807, 2.05) is 18.2 Å². The second kappa shape index (κ2) is 9.46. The summed E-state index contributed by atoms with van der Waals surface area (Å²) in [6, 6.07) is 8.66. The number of alkyl halides is 2. The van der Waals surface area contributed by atoms with Gasteiger partial charge in [0.05, 0.1) is 29.5 Å². The first-order valence-electron chi connectivity index (χ1n) is 10.9. The molecule has 36 heavy (non-hydrogen) atoms. The summed E-state index contributed by atoms with van der Waals surface area (Å²) in [4.78, 5) is 21.4. The van der Waals surface area contributed by atoms with Crippen molar-refractivity contribution >= 4 is 34.5 Å². The normalized spacial score (nSPS) is 11.5. The van der Waals surface area contributed by atoms with E-state index in [0.717, 1.165) is 5.56 Å². The highest BCUT2D eigenvalue weighted by molar-refractivity contribution is 6.30. The van der Waals surface area contributed by atoms with E-state index in [2.05, 4.69) is 30.6 Å². The Hall–Kier alpha value is -4.19. The van der Waals surface area contributed by atoms with Crippen LogP contribution in [0.2, 0.25) is 5.02 Å². The molecule has 184 valence electrons. The van der Waals surface area contributed by atoms with Gasteiger partial charge in [0.2, 0.25) is 11.9 Å². The maximum absolute atomic E-state index is 13.9. The van der Waals surface area contributed by atoms with Gasteiger partial charge in [-0.3, -0.25) is 14.8 Å². The number of rotatable bonds is 7. The average Bonchev–Trinajstić information content (AvgIpc) is 3.53. The Morgan fingerprint density at radius 2 is 2.06 bits per heavy atom. The van der Waals surface area contributed by atoms with Crippen LogP contribution in [0.15, 0.2) is 49.1 Å². The number of anilines is 1. The average molecular weight is 512 g/mol. The van der Waals surface area contributed by atoms with Gasteiger partial charge < -0.3 is 0 Å². The Balaban J connectivity index is 1.39. The minimum absolute atomic E-state index is 0.104. The highest BCUT2D eigenvalue weighted by Gasteiger charge is 2.22. The van der Waals surface area contributed by atoms with Crippen LogP contribution in [0.4, 0.5) is 14.7 Å². The number of aryl methyl sites for hydroxylation is 2. The van der Waals surface area contributed by atoms with Crippen LogP contribution in [0.3, 0.4) is 0 Å². The number of pyridine rings is 1. The van der Waals surface area contributed by atoms with Gasteiger partial charge in [-0.25, -0.2) is 28.1 Å². The minimum Gasteiger partial charge on any atom is -0.292 e. The first-order valence-corrected chi connectivity index (χ1v) is 11.2. The first kappa shape index (κ1) is 23.5. The number of nitrogens with zero attached hydrogens (tertiary/aromatic N) is 8. The van der Waals surface area contributed by atoms with Gasteiger partial charge in [-0.05, 0) is 30.7 Å². The molecule has 0 bridgehead atoms. The number of carbonyl (C=O) groups is 1. The fourth-order valence-electron chi connectivity index (χ4n) is 3.92. The SMILES string of the molecule is Cc1nn(CC(=O)Nc2ncn(Cc3cccc(Cl)c3)n2)c2nc(-c3cnn(C)c3)cc(C(F)F)c12. The van der Waals surface area contributed by atoms with Gasteiger partial charge in [-0.1, -0.05) is 23.7 Å². The molecule has 0 atom stereocenters. The van der Waals surface area contributed by atoms with E-state index < -0.39 is 12.3 Å². The molecule has 0 saturated heterocycles. The molecule has 0 aliphatic carbocycles. The number of aromatic nitrogens is 8. The molecule has 0 aliphatic rings. The van der Waals surface area contributed by atoms with Crippen LogP contribution < -0.4 is 5.32 Å². The molecule has 0 spiro atoms. The van der Waals surface area contributed by atoms with Crippen molar-refractivity contribution in [3.05, 3.63) is 70.9 Å². The largest absolute Gasteiger partial charge is 0.292 e. The number of fused-ring (bicyclic) bond motifs is 1. The van der Waals surface area contributed by atoms with Crippen molar-refractivity contribution in [3.8, 4) is 11.3 Å². The predicted molar refractivity (Wildman–Crippen MR) is 129 cm³/mol. The van der Waals surface area contributed by atoms with Gasteiger partial charge in [0, 0.05) is 29.4 Å². The molecule has 13 heteroatoms. The van der Waals surface area contributed by atoms with E-state index in [-0.39, 0.29) is 29.1 Å². The monoisotopic (exact) mass is 511 g/mol. The van der Waals surface area contributed by atoms with E-state index >= 15 is 0 Å². The van der Waals surface area contributed by atoms with Gasteiger partial charge in [0.1, 0.15) is 12.9 Å². The summed E-state index contributed by atoms with van der Waals surface area (Å²) in [5, 5.41) is 16.1. The molecule has 4 heterocycles. The molecule has 0 fully saturated rings. The van der Waals surface area contributed by atoms with Crippen molar-refractivity contribution in [1.82, 2.24) is 39.3 Å². The Bertz CT molecular complexity index is 1570. The van der Waals surface area contributed by atoms with Crippen LogP contribution in [0.1, 0.15) is 23.2 Å². The summed E-state index contributed by atoms with van der Waals surface area (Å²) in [5.41, 5.74) is 2.14. The molecule has 0 saturated carbocycles. The molecule has 0 radical (unpaired) electrons. The van der Waals surface area contributed by atoms with E-state index in [0.29, 0.717) is 28.5 Å². The van der Waals surface area contributed by atoms with Crippen LogP contribution in [0, 0.1) is 6.92 Å². The van der Waals surface area contributed by atoms with E-state index in [1.54, 1.807) is 35.6 Å². The molecule has 5 rings (SSSR count). The second-order valence-electron chi connectivity index (χ2n) is 8.19. The number of nitrogens with one attached hydrogen (secondary N) is 1. The molecule has 1 N–H and O–H groups in total. The van der Waals surface area contributed by atoms with Crippen molar-refractivity contribution in [1.29, 1.82) is 0 Å². The van der Waals surface area contributed by atoms with Crippen molar-refractivity contribution in [2.45, 2.75) is 26.4 Å². The molecule has 1 amide bonds. The van der Waals surface area contributed by atoms with Gasteiger partial charge in [-0.2, -0.15) is 10.2 Å². The van der Waals surface area contributed by atoms with Crippen molar-refractivity contribution in [2.75, 3.05) is 5.32 Å². The first-order chi connectivity index (χ1) is 17.3. The quantitative estimate of drug-likeness (QED) is 0.354. The van der Waals surface area contributed by atoms with Crippen LogP contribution in [-0.2, 0) is 24.9 Å². The van der Waals surface area contributed by atoms with E-state index in [4.69, 9.17) is 11.6 Å². The third-order valence-electron chi connectivity index (χ3n) is 5.46. The molecule has 0 aliphatic heterocycles. The van der Waals surface area contributed by atoms with Gasteiger partial charge in [-0.15, -0.1) is 5.10 Å². The highest BCUT2D eigenvalue weighted by Crippen LogP contribution is 2.33. The molecular weight excluding hydrogens is 492 g/mol. The second-order valence-corrected chi connectivity index (χ2v) is 8.62. The van der Waals surface area contributed by atoms with Crippen molar-refractivity contribution in [3.63, 3.8) is 0 Å². The van der Waals surface area contributed by atoms with Crippen molar-refractivity contribution in [2.24, 2.45) is 7.05 Å². The van der Waals surface area contributed by atoms with Crippen LogP contribution in [-0.4, -0.2) is 45.2 Å². The van der Waals surface area contributed by atoms with Crippen LogP contribution in [0.5, 0.6) is 0 Å². The lowest BCUT2D eigenvalue weighted by molar-refractivity contribution is -0.116. The van der Waals surface area contributed by atoms with Gasteiger partial charge in [0.15, 0.2) is 5.65 Å². The van der Waals surface area contributed by atoms with Crippen LogP contribution >= 0.6 is 11.6 Å². The zero-order valence-electron chi connectivity index (χ0n) is 19.2. The number of benzene rings is 1. The summed E-state index contributed by atoms with van der Waals surface area (Å²) in [7, 11) is 1.72. The summed E-state index contributed by atoms with van der Waals surface area (Å²) in [5.74, 6) is -0.375. The molecule has 1 aromatic carbocycles. The molecule has 10 nitrogen and oxygen atoms in total. The lowest BCUT2D eigenvalue weighted by atomic mass is 10.1. The Labute approximate surface area is 208 Å². The minimum atomic E-state index is -2.75. The molecule has 0 unspecified atom stereocenters. The van der Waals surface area contributed by atoms with E-state index in [1.165, 1.54) is 23.3 Å². The fourth-order valence-corrected chi connectivity index (χ4v) is 4.13. The molecule has 5 aromatic rings. The summed E-state index contributed by atoms with van der Waals surface area (Å²) in [6.45, 7) is 1.76. The van der Waals surface area contributed by atoms with Crippen LogP contribution in [0.25, 0.3) is 22.3 Å². The Morgan fingerprint density at radius 3 is 2.78 bits per heavy atom. The number of halogens is 3. The number of amides is 1. The zero-order chi connectivity index (χ0) is 25.4. The molecule has 4 aromatic heterocycles. The van der Waals surface area contributed by atoms with Crippen molar-refractivity contribution < 1.29 is 13.6 Å². The third-order valence-corrected chi connectivity index (χ3v) is 5.69. The zero-order valence-corrected chi connectivity index (χ0v) is 20.0. The lowest BCUT2D eigenvalue weighted by Crippen LogP contribution is -2.20.